The van der Waals surface area contributed by atoms with E-state index in [2.05, 4.69) is 5.16 Å². The second-order valence-corrected chi connectivity index (χ2v) is 3.61. The van der Waals surface area contributed by atoms with Gasteiger partial charge in [0.25, 0.3) is 5.91 Å². The molecule has 0 unspecified atom stereocenters. The van der Waals surface area contributed by atoms with Crippen LogP contribution in [-0.4, -0.2) is 23.4 Å². The Morgan fingerprint density at radius 1 is 1.40 bits per heavy atom. The number of anilines is 1. The zero-order chi connectivity index (χ0) is 10.8. The Bertz CT molecular complexity index is 431. The summed E-state index contributed by atoms with van der Waals surface area (Å²) < 4.78 is 0. The molecule has 1 aromatic rings. The third-order valence-corrected chi connectivity index (χ3v) is 2.65. The highest BCUT2D eigenvalue weighted by Gasteiger charge is 2.30. The largest absolute Gasteiger partial charge is 0.410 e. The van der Waals surface area contributed by atoms with Crippen molar-refractivity contribution in [3.63, 3.8) is 0 Å². The normalized spacial score (nSPS) is 18.9. The molecule has 0 radical (unpaired) electrons. The Kier molecular flexibility index (Phi) is 2.60. The summed E-state index contributed by atoms with van der Waals surface area (Å²) in [5.41, 5.74) is 0.831. The van der Waals surface area contributed by atoms with Crippen molar-refractivity contribution in [3.05, 3.63) is 29.3 Å². The van der Waals surface area contributed by atoms with Gasteiger partial charge in [-0.2, -0.15) is 0 Å². The van der Waals surface area contributed by atoms with Gasteiger partial charge in [-0.3, -0.25) is 4.79 Å². The van der Waals surface area contributed by atoms with E-state index in [0.717, 1.165) is 0 Å². The lowest BCUT2D eigenvalue weighted by atomic mass is 10.3. The number of oxime groups is 1. The molecule has 1 saturated heterocycles. The standard InChI is InChI=1S/C10H9ClN2O2/c11-7-3-1-2-4-9(7)13-6-5-8(12-15)10(13)14/h1-4,15H,5-6H2. The minimum Gasteiger partial charge on any atom is -0.410 e. The molecular formula is C10H9ClN2O2. The first-order chi connectivity index (χ1) is 7.24. The second-order valence-electron chi connectivity index (χ2n) is 3.20. The van der Waals surface area contributed by atoms with Crippen LogP contribution in [0.3, 0.4) is 0 Å². The number of amides is 1. The van der Waals surface area contributed by atoms with Crippen molar-refractivity contribution in [2.24, 2.45) is 5.16 Å². The first-order valence-electron chi connectivity index (χ1n) is 4.51. The Balaban J connectivity index is 2.35. The van der Waals surface area contributed by atoms with Gasteiger partial charge in [0.1, 0.15) is 5.71 Å². The van der Waals surface area contributed by atoms with Crippen LogP contribution in [0.5, 0.6) is 0 Å². The molecule has 0 saturated carbocycles. The van der Waals surface area contributed by atoms with Crippen molar-refractivity contribution >= 4 is 28.9 Å². The van der Waals surface area contributed by atoms with E-state index in [1.807, 2.05) is 6.07 Å². The molecule has 4 nitrogen and oxygen atoms in total. The van der Waals surface area contributed by atoms with Crippen LogP contribution in [0.4, 0.5) is 5.69 Å². The van der Waals surface area contributed by atoms with Crippen LogP contribution < -0.4 is 4.90 Å². The van der Waals surface area contributed by atoms with Crippen LogP contribution >= 0.6 is 11.6 Å². The zero-order valence-electron chi connectivity index (χ0n) is 7.85. The summed E-state index contributed by atoms with van der Waals surface area (Å²) >= 11 is 5.96. The van der Waals surface area contributed by atoms with Crippen LogP contribution in [-0.2, 0) is 4.79 Å². The highest BCUT2D eigenvalue weighted by molar-refractivity contribution is 6.46. The predicted octanol–water partition coefficient (Wildman–Crippen LogP) is 1.91. The van der Waals surface area contributed by atoms with Crippen molar-refractivity contribution in [2.75, 3.05) is 11.4 Å². The number of carbonyl (C=O) groups is 1. The number of hydrogen-bond donors (Lipinski definition) is 1. The van der Waals surface area contributed by atoms with Crippen LogP contribution in [0.15, 0.2) is 29.4 Å². The van der Waals surface area contributed by atoms with E-state index < -0.39 is 0 Å². The molecule has 1 amide bonds. The van der Waals surface area contributed by atoms with E-state index in [1.165, 1.54) is 4.90 Å². The molecule has 1 aromatic carbocycles. The molecule has 5 heteroatoms. The number of para-hydroxylation sites is 1. The van der Waals surface area contributed by atoms with Gasteiger partial charge >= 0.3 is 0 Å². The fourth-order valence-electron chi connectivity index (χ4n) is 1.58. The Morgan fingerprint density at radius 3 is 2.73 bits per heavy atom. The monoisotopic (exact) mass is 224 g/mol. The number of hydrogen-bond acceptors (Lipinski definition) is 3. The van der Waals surface area contributed by atoms with E-state index in [9.17, 15) is 4.79 Å². The van der Waals surface area contributed by atoms with Crippen molar-refractivity contribution in [1.82, 2.24) is 0 Å². The van der Waals surface area contributed by atoms with E-state index in [0.29, 0.717) is 23.7 Å². The summed E-state index contributed by atoms with van der Waals surface area (Å²) in [5, 5.41) is 12.1. The molecule has 1 N–H and O–H groups in total. The molecule has 2 rings (SSSR count). The fraction of sp³-hybridized carbons (Fsp3) is 0.200. The maximum absolute atomic E-state index is 11.7. The van der Waals surface area contributed by atoms with Gasteiger partial charge in [0.05, 0.1) is 10.7 Å². The van der Waals surface area contributed by atoms with Gasteiger partial charge in [0.15, 0.2) is 0 Å². The summed E-state index contributed by atoms with van der Waals surface area (Å²) in [7, 11) is 0. The smallest absolute Gasteiger partial charge is 0.276 e. The van der Waals surface area contributed by atoms with Gasteiger partial charge in [-0.25, -0.2) is 0 Å². The van der Waals surface area contributed by atoms with Crippen LogP contribution in [0.2, 0.25) is 5.02 Å². The predicted molar refractivity (Wildman–Crippen MR) is 57.6 cm³/mol. The van der Waals surface area contributed by atoms with Crippen molar-refractivity contribution in [2.45, 2.75) is 6.42 Å². The lowest BCUT2D eigenvalue weighted by molar-refractivity contribution is -0.112. The van der Waals surface area contributed by atoms with Gasteiger partial charge in [-0.15, -0.1) is 0 Å². The summed E-state index contributed by atoms with van der Waals surface area (Å²) in [6.45, 7) is 0.502. The maximum Gasteiger partial charge on any atom is 0.276 e. The van der Waals surface area contributed by atoms with E-state index in [-0.39, 0.29) is 11.6 Å². The molecule has 1 aliphatic rings. The fourth-order valence-corrected chi connectivity index (χ4v) is 1.81. The van der Waals surface area contributed by atoms with Gasteiger partial charge in [-0.1, -0.05) is 28.9 Å². The molecular weight excluding hydrogens is 216 g/mol. The van der Waals surface area contributed by atoms with E-state index in [1.54, 1.807) is 18.2 Å². The number of rotatable bonds is 1. The van der Waals surface area contributed by atoms with Crippen molar-refractivity contribution in [1.29, 1.82) is 0 Å². The van der Waals surface area contributed by atoms with Gasteiger partial charge < -0.3 is 10.1 Å². The van der Waals surface area contributed by atoms with Crippen molar-refractivity contribution < 1.29 is 10.0 Å². The average Bonchev–Trinajstić information content (AvgIpc) is 2.60. The van der Waals surface area contributed by atoms with Gasteiger partial charge in [-0.05, 0) is 12.1 Å². The maximum atomic E-state index is 11.7. The second kappa shape index (κ2) is 3.90. The molecule has 0 spiro atoms. The third kappa shape index (κ3) is 1.68. The van der Waals surface area contributed by atoms with Crippen LogP contribution in [0.1, 0.15) is 6.42 Å². The van der Waals surface area contributed by atoms with Crippen LogP contribution in [0, 0.1) is 0 Å². The molecule has 15 heavy (non-hydrogen) atoms. The molecule has 1 aliphatic heterocycles. The molecule has 78 valence electrons. The lowest BCUT2D eigenvalue weighted by Gasteiger charge is -2.15. The number of benzene rings is 1. The Morgan fingerprint density at radius 2 is 2.13 bits per heavy atom. The number of carbonyl (C=O) groups excluding carboxylic acids is 1. The SMILES string of the molecule is O=C1C(=NO)CCN1c1ccccc1Cl. The molecule has 0 aromatic heterocycles. The first kappa shape index (κ1) is 9.98. The molecule has 1 fully saturated rings. The zero-order valence-corrected chi connectivity index (χ0v) is 8.61. The Hall–Kier alpha value is -1.55. The number of halogens is 1. The highest BCUT2D eigenvalue weighted by atomic mass is 35.5. The van der Waals surface area contributed by atoms with Gasteiger partial charge in [0.2, 0.25) is 0 Å². The topological polar surface area (TPSA) is 52.9 Å². The average molecular weight is 225 g/mol. The van der Waals surface area contributed by atoms with Gasteiger partial charge in [0, 0.05) is 13.0 Å². The summed E-state index contributed by atoms with van der Waals surface area (Å²) in [6, 6.07) is 7.09. The lowest BCUT2D eigenvalue weighted by Crippen LogP contribution is -2.27. The molecule has 1 heterocycles. The van der Waals surface area contributed by atoms with Crippen molar-refractivity contribution in [3.8, 4) is 0 Å². The first-order valence-corrected chi connectivity index (χ1v) is 4.89. The Labute approximate surface area is 91.8 Å². The molecule has 0 atom stereocenters. The minimum absolute atomic E-state index is 0.176. The minimum atomic E-state index is -0.286. The highest BCUT2D eigenvalue weighted by Crippen LogP contribution is 2.27. The molecule has 0 bridgehead atoms. The summed E-state index contributed by atoms with van der Waals surface area (Å²) in [6.07, 6.45) is 0.445. The van der Waals surface area contributed by atoms with E-state index in [4.69, 9.17) is 16.8 Å². The summed E-state index contributed by atoms with van der Waals surface area (Å²) in [5.74, 6) is -0.286. The van der Waals surface area contributed by atoms with Crippen LogP contribution in [0.25, 0.3) is 0 Å². The molecule has 0 aliphatic carbocycles. The quantitative estimate of drug-likeness (QED) is 0.585. The van der Waals surface area contributed by atoms with E-state index >= 15 is 0 Å². The summed E-state index contributed by atoms with van der Waals surface area (Å²) in [4.78, 5) is 13.2. The number of nitrogens with zero attached hydrogens (tertiary/aromatic N) is 2. The third-order valence-electron chi connectivity index (χ3n) is 2.33.